The second-order valence-corrected chi connectivity index (χ2v) is 10.8. The van der Waals surface area contributed by atoms with Crippen molar-refractivity contribution in [1.29, 1.82) is 0 Å². The van der Waals surface area contributed by atoms with Crippen LogP contribution in [-0.4, -0.2) is 96.6 Å². The minimum atomic E-state index is -0.564. The molecule has 208 valence electrons. The molecule has 2 saturated heterocycles. The number of nitrogens with one attached hydrogen (secondary N) is 1. The third kappa shape index (κ3) is 5.73. The molecule has 1 N–H and O–H groups in total. The largest absolute Gasteiger partial charge is 0.493 e. The summed E-state index contributed by atoms with van der Waals surface area (Å²) in [6.07, 6.45) is 3.72. The van der Waals surface area contributed by atoms with Crippen molar-refractivity contribution in [1.82, 2.24) is 24.7 Å². The van der Waals surface area contributed by atoms with Gasteiger partial charge in [-0.2, -0.15) is 0 Å². The highest BCUT2D eigenvalue weighted by atomic mass is 35.5. The molecule has 2 fully saturated rings. The van der Waals surface area contributed by atoms with Crippen LogP contribution in [0.15, 0.2) is 36.7 Å². The number of carbonyl (C=O) groups excluding carboxylic acids is 1. The fourth-order valence-corrected chi connectivity index (χ4v) is 5.62. The van der Waals surface area contributed by atoms with Crippen LogP contribution in [0, 0.1) is 5.82 Å². The number of hydrogen-bond acceptors (Lipinski definition) is 8. The Morgan fingerprint density at radius 3 is 2.69 bits per heavy atom. The van der Waals surface area contributed by atoms with Gasteiger partial charge in [0.2, 0.25) is 5.91 Å². The van der Waals surface area contributed by atoms with Crippen LogP contribution < -0.4 is 14.8 Å². The first-order valence-corrected chi connectivity index (χ1v) is 13.5. The Balaban J connectivity index is 1.35. The average molecular weight is 557 g/mol. The number of fused-ring (bicyclic) bond motifs is 1. The highest BCUT2D eigenvalue weighted by Gasteiger charge is 2.39. The summed E-state index contributed by atoms with van der Waals surface area (Å²) in [5.74, 6) is 0.995. The number of nitrogens with zero attached hydrogens (tertiary/aromatic N) is 5. The SMILES string of the molecule is COc1cc2ncnc(Nc3cccc(Cl)c3F)c2cc1O[C@H]1C[C@@H](C(=O)N(C)C2CCN(C)CC2)N(C)C1. The van der Waals surface area contributed by atoms with Crippen LogP contribution >= 0.6 is 11.6 Å². The molecule has 2 aromatic carbocycles. The Labute approximate surface area is 232 Å². The van der Waals surface area contributed by atoms with Crippen molar-refractivity contribution in [2.45, 2.75) is 37.5 Å². The molecule has 0 radical (unpaired) electrons. The molecular formula is C28H34ClFN6O3. The van der Waals surface area contributed by atoms with Gasteiger partial charge in [-0.1, -0.05) is 17.7 Å². The van der Waals surface area contributed by atoms with Gasteiger partial charge in [0.25, 0.3) is 0 Å². The summed E-state index contributed by atoms with van der Waals surface area (Å²) in [4.78, 5) is 28.4. The Kier molecular flexibility index (Phi) is 8.06. The molecule has 2 atom stereocenters. The zero-order valence-corrected chi connectivity index (χ0v) is 23.4. The topological polar surface area (TPSA) is 83.1 Å². The van der Waals surface area contributed by atoms with Crippen molar-refractivity contribution in [2.75, 3.05) is 53.2 Å². The molecule has 0 spiro atoms. The lowest BCUT2D eigenvalue weighted by Crippen LogP contribution is -2.50. The monoisotopic (exact) mass is 556 g/mol. The third-order valence-electron chi connectivity index (χ3n) is 7.80. The molecule has 0 unspecified atom stereocenters. The molecule has 39 heavy (non-hydrogen) atoms. The molecule has 0 bridgehead atoms. The van der Waals surface area contributed by atoms with Crippen molar-refractivity contribution in [2.24, 2.45) is 0 Å². The van der Waals surface area contributed by atoms with E-state index in [1.54, 1.807) is 31.4 Å². The van der Waals surface area contributed by atoms with E-state index >= 15 is 0 Å². The van der Waals surface area contributed by atoms with Gasteiger partial charge in [0.1, 0.15) is 18.2 Å². The minimum absolute atomic E-state index is 0.0139. The lowest BCUT2D eigenvalue weighted by atomic mass is 10.0. The summed E-state index contributed by atoms with van der Waals surface area (Å²) in [6.45, 7) is 2.60. The van der Waals surface area contributed by atoms with Crippen LogP contribution in [-0.2, 0) is 4.79 Å². The fraction of sp³-hybridized carbons (Fsp3) is 0.464. The Morgan fingerprint density at radius 1 is 1.18 bits per heavy atom. The standard InChI is InChI=1S/C28H34ClFN6O3/c1-34-10-8-17(9-11-34)36(3)28(37)23-12-18(15-35(23)2)39-25-13-19-22(14-24(25)38-4)31-16-32-27(19)33-21-7-5-6-20(29)26(21)30/h5-7,13-14,16-18,23H,8-12,15H2,1-4H3,(H,31,32,33)/t18-,23-/m0/s1. The molecule has 3 aromatic rings. The number of halogens is 2. The number of likely N-dealkylation sites (tertiary alicyclic amines) is 2. The maximum absolute atomic E-state index is 14.6. The van der Waals surface area contributed by atoms with Crippen LogP contribution in [0.4, 0.5) is 15.9 Å². The summed E-state index contributed by atoms with van der Waals surface area (Å²) >= 11 is 5.96. The molecule has 2 aliphatic heterocycles. The number of hydrogen-bond donors (Lipinski definition) is 1. The van der Waals surface area contributed by atoms with Crippen molar-refractivity contribution in [3.63, 3.8) is 0 Å². The maximum Gasteiger partial charge on any atom is 0.240 e. The van der Waals surface area contributed by atoms with Gasteiger partial charge in [-0.15, -0.1) is 0 Å². The van der Waals surface area contributed by atoms with Crippen LogP contribution in [0.2, 0.25) is 5.02 Å². The molecule has 0 saturated carbocycles. The van der Waals surface area contributed by atoms with Crippen molar-refractivity contribution >= 4 is 39.9 Å². The Hall–Kier alpha value is -3.21. The van der Waals surface area contributed by atoms with Gasteiger partial charge < -0.3 is 24.6 Å². The highest BCUT2D eigenvalue weighted by molar-refractivity contribution is 6.31. The van der Waals surface area contributed by atoms with Crippen molar-refractivity contribution in [3.8, 4) is 11.5 Å². The zero-order valence-electron chi connectivity index (χ0n) is 22.7. The first kappa shape index (κ1) is 27.4. The van der Waals surface area contributed by atoms with Gasteiger partial charge in [-0.05, 0) is 58.2 Å². The number of carbonyl (C=O) groups is 1. The van der Waals surface area contributed by atoms with Gasteiger partial charge in [0.05, 0.1) is 29.4 Å². The number of likely N-dealkylation sites (N-methyl/N-ethyl adjacent to an activating group) is 2. The second-order valence-electron chi connectivity index (χ2n) is 10.4. The van der Waals surface area contributed by atoms with E-state index in [9.17, 15) is 9.18 Å². The van der Waals surface area contributed by atoms with Gasteiger partial charge >= 0.3 is 0 Å². The van der Waals surface area contributed by atoms with E-state index < -0.39 is 5.82 Å². The summed E-state index contributed by atoms with van der Waals surface area (Å²) in [6, 6.07) is 8.30. The van der Waals surface area contributed by atoms with Crippen LogP contribution in [0.25, 0.3) is 10.9 Å². The Bertz CT molecular complexity index is 1350. The van der Waals surface area contributed by atoms with Crippen LogP contribution in [0.5, 0.6) is 11.5 Å². The summed E-state index contributed by atoms with van der Waals surface area (Å²) in [5.41, 5.74) is 0.809. The first-order chi connectivity index (χ1) is 18.7. The van der Waals surface area contributed by atoms with E-state index in [0.29, 0.717) is 41.2 Å². The summed E-state index contributed by atoms with van der Waals surface area (Å²) in [7, 11) is 7.57. The van der Waals surface area contributed by atoms with E-state index in [1.165, 1.54) is 12.4 Å². The van der Waals surface area contributed by atoms with E-state index in [1.807, 2.05) is 19.0 Å². The fourth-order valence-electron chi connectivity index (χ4n) is 5.45. The summed E-state index contributed by atoms with van der Waals surface area (Å²) < 4.78 is 26.6. The Morgan fingerprint density at radius 2 is 1.95 bits per heavy atom. The number of piperidine rings is 1. The van der Waals surface area contributed by atoms with E-state index in [-0.39, 0.29) is 34.8 Å². The molecule has 5 rings (SSSR count). The lowest BCUT2D eigenvalue weighted by Gasteiger charge is -2.37. The van der Waals surface area contributed by atoms with E-state index in [4.69, 9.17) is 21.1 Å². The van der Waals surface area contributed by atoms with Crippen LogP contribution in [0.1, 0.15) is 19.3 Å². The summed E-state index contributed by atoms with van der Waals surface area (Å²) in [5, 5.41) is 3.67. The van der Waals surface area contributed by atoms with Crippen LogP contribution in [0.3, 0.4) is 0 Å². The quantitative estimate of drug-likeness (QED) is 0.464. The van der Waals surface area contributed by atoms with Gasteiger partial charge in [0, 0.05) is 37.5 Å². The van der Waals surface area contributed by atoms with Crippen molar-refractivity contribution < 1.29 is 18.7 Å². The zero-order chi connectivity index (χ0) is 27.7. The lowest BCUT2D eigenvalue weighted by molar-refractivity contribution is -0.137. The van der Waals surface area contributed by atoms with Gasteiger partial charge in [-0.3, -0.25) is 9.69 Å². The first-order valence-electron chi connectivity index (χ1n) is 13.1. The predicted molar refractivity (Wildman–Crippen MR) is 150 cm³/mol. The molecular weight excluding hydrogens is 523 g/mol. The number of benzene rings is 2. The average Bonchev–Trinajstić information content (AvgIpc) is 3.30. The number of aromatic nitrogens is 2. The predicted octanol–water partition coefficient (Wildman–Crippen LogP) is 4.18. The molecule has 1 amide bonds. The number of rotatable bonds is 7. The van der Waals surface area contributed by atoms with E-state index in [2.05, 4.69) is 32.1 Å². The molecule has 0 aliphatic carbocycles. The van der Waals surface area contributed by atoms with Gasteiger partial charge in [-0.25, -0.2) is 14.4 Å². The second kappa shape index (κ2) is 11.5. The minimum Gasteiger partial charge on any atom is -0.493 e. The normalized spacial score (nSPS) is 20.8. The molecule has 3 heterocycles. The van der Waals surface area contributed by atoms with Gasteiger partial charge in [0.15, 0.2) is 17.3 Å². The third-order valence-corrected chi connectivity index (χ3v) is 8.09. The number of anilines is 2. The van der Waals surface area contributed by atoms with Crippen molar-refractivity contribution in [3.05, 3.63) is 47.5 Å². The van der Waals surface area contributed by atoms with E-state index in [0.717, 1.165) is 25.9 Å². The number of amides is 1. The molecule has 2 aliphatic rings. The smallest absolute Gasteiger partial charge is 0.240 e. The number of methoxy groups -OCH3 is 1. The molecule has 9 nitrogen and oxygen atoms in total. The number of ether oxygens (including phenoxy) is 2. The highest BCUT2D eigenvalue weighted by Crippen LogP contribution is 2.37. The molecule has 1 aromatic heterocycles. The molecule has 11 heteroatoms. The maximum atomic E-state index is 14.6.